The van der Waals surface area contributed by atoms with Crippen LogP contribution < -0.4 is 4.90 Å². The molecule has 3 aromatic rings. The van der Waals surface area contributed by atoms with Gasteiger partial charge in [-0.1, -0.05) is 12.1 Å². The first-order valence-electron chi connectivity index (χ1n) is 7.39. The molecule has 0 unspecified atom stereocenters. The molecule has 108 valence electrons. The van der Waals surface area contributed by atoms with Crippen LogP contribution in [0, 0.1) is 0 Å². The van der Waals surface area contributed by atoms with Gasteiger partial charge in [0.1, 0.15) is 5.52 Å². The Balaban J connectivity index is 1.95. The largest absolute Gasteiger partial charge is 0.391 e. The molecule has 1 fully saturated rings. The molecule has 5 heteroatoms. The molecule has 0 saturated carbocycles. The van der Waals surface area contributed by atoms with E-state index in [0.29, 0.717) is 12.6 Å². The third-order valence-electron chi connectivity index (χ3n) is 4.36. The van der Waals surface area contributed by atoms with E-state index < -0.39 is 0 Å². The lowest BCUT2D eigenvalue weighted by Crippen LogP contribution is -2.44. The predicted molar refractivity (Wildman–Crippen MR) is 82.5 cm³/mol. The van der Waals surface area contributed by atoms with Gasteiger partial charge in [-0.05, 0) is 31.9 Å². The van der Waals surface area contributed by atoms with Crippen molar-refractivity contribution < 1.29 is 5.11 Å². The van der Waals surface area contributed by atoms with Crippen molar-refractivity contribution in [3.63, 3.8) is 0 Å². The number of benzene rings is 1. The Morgan fingerprint density at radius 2 is 2.05 bits per heavy atom. The van der Waals surface area contributed by atoms with Crippen molar-refractivity contribution in [2.45, 2.75) is 31.9 Å². The third-order valence-corrected chi connectivity index (χ3v) is 4.36. The highest BCUT2D eigenvalue weighted by atomic mass is 16.3. The molecule has 21 heavy (non-hydrogen) atoms. The van der Waals surface area contributed by atoms with E-state index in [9.17, 15) is 5.11 Å². The first-order chi connectivity index (χ1) is 10.2. The third kappa shape index (κ3) is 1.96. The molecular weight excluding hydrogens is 264 g/mol. The van der Waals surface area contributed by atoms with Crippen LogP contribution in [0.2, 0.25) is 0 Å². The van der Waals surface area contributed by atoms with Gasteiger partial charge in [0.15, 0.2) is 5.82 Å². The van der Waals surface area contributed by atoms with Crippen LogP contribution in [0.25, 0.3) is 16.6 Å². The number of fused-ring (bicyclic) bond motifs is 3. The fourth-order valence-corrected chi connectivity index (χ4v) is 3.18. The summed E-state index contributed by atoms with van der Waals surface area (Å²) in [6, 6.07) is 8.45. The number of aliphatic hydroxyl groups excluding tert-OH is 1. The van der Waals surface area contributed by atoms with Crippen LogP contribution in [-0.2, 0) is 0 Å². The van der Waals surface area contributed by atoms with Gasteiger partial charge < -0.3 is 10.0 Å². The van der Waals surface area contributed by atoms with Crippen molar-refractivity contribution in [1.82, 2.24) is 14.4 Å². The molecule has 0 amide bonds. The van der Waals surface area contributed by atoms with Gasteiger partial charge in [-0.3, -0.25) is 4.40 Å². The number of rotatable bonds is 1. The van der Waals surface area contributed by atoms with Crippen molar-refractivity contribution in [3.8, 4) is 0 Å². The molecule has 0 aliphatic carbocycles. The van der Waals surface area contributed by atoms with Crippen LogP contribution in [0.5, 0.6) is 0 Å². The topological polar surface area (TPSA) is 53.7 Å². The highest BCUT2D eigenvalue weighted by Crippen LogP contribution is 2.29. The first-order valence-corrected chi connectivity index (χ1v) is 7.39. The second-order valence-corrected chi connectivity index (χ2v) is 5.81. The van der Waals surface area contributed by atoms with E-state index in [0.717, 1.165) is 35.2 Å². The molecule has 3 heterocycles. The highest BCUT2D eigenvalue weighted by molar-refractivity contribution is 5.84. The zero-order valence-electron chi connectivity index (χ0n) is 12.0. The Labute approximate surface area is 122 Å². The number of aromatic nitrogens is 3. The number of aliphatic hydroxyl groups is 1. The Kier molecular flexibility index (Phi) is 2.82. The molecule has 1 aromatic carbocycles. The van der Waals surface area contributed by atoms with Gasteiger partial charge in [0.2, 0.25) is 0 Å². The van der Waals surface area contributed by atoms with Gasteiger partial charge in [-0.15, -0.1) is 0 Å². The summed E-state index contributed by atoms with van der Waals surface area (Å²) < 4.78 is 2.07. The molecule has 2 atom stereocenters. The average molecular weight is 282 g/mol. The Bertz CT molecular complexity index is 797. The zero-order valence-corrected chi connectivity index (χ0v) is 12.0. The smallest absolute Gasteiger partial charge is 0.155 e. The van der Waals surface area contributed by atoms with Gasteiger partial charge in [0, 0.05) is 12.6 Å². The minimum atomic E-state index is -0.280. The Morgan fingerprint density at radius 1 is 1.19 bits per heavy atom. The van der Waals surface area contributed by atoms with Crippen LogP contribution in [0.3, 0.4) is 0 Å². The van der Waals surface area contributed by atoms with E-state index in [1.165, 1.54) is 0 Å². The summed E-state index contributed by atoms with van der Waals surface area (Å²) >= 11 is 0. The minimum Gasteiger partial charge on any atom is -0.391 e. The van der Waals surface area contributed by atoms with E-state index in [2.05, 4.69) is 27.3 Å². The number of para-hydroxylation sites is 2. The summed E-state index contributed by atoms with van der Waals surface area (Å²) in [6.07, 6.45) is 5.24. The van der Waals surface area contributed by atoms with E-state index in [4.69, 9.17) is 4.98 Å². The first kappa shape index (κ1) is 12.6. The quantitative estimate of drug-likeness (QED) is 0.743. The maximum absolute atomic E-state index is 10.0. The molecule has 0 bridgehead atoms. The summed E-state index contributed by atoms with van der Waals surface area (Å²) in [7, 11) is 0. The van der Waals surface area contributed by atoms with E-state index in [-0.39, 0.29) is 6.10 Å². The zero-order chi connectivity index (χ0) is 14.4. The molecular formula is C16H18N4O. The van der Waals surface area contributed by atoms with E-state index >= 15 is 0 Å². The number of imidazole rings is 1. The number of piperidine rings is 1. The lowest BCUT2D eigenvalue weighted by Gasteiger charge is -2.37. The monoisotopic (exact) mass is 282 g/mol. The summed E-state index contributed by atoms with van der Waals surface area (Å²) in [5.74, 6) is 0.914. The maximum atomic E-state index is 10.0. The fourth-order valence-electron chi connectivity index (χ4n) is 3.18. The SMILES string of the molecule is C[C@H]1CC[C@H](O)CN1c1nc2ccccc2n2cncc12. The normalized spacial score (nSPS) is 23.0. The standard InChI is InChI=1S/C16H18N4O/c1-11-6-7-12(21)9-19(11)16-15-8-17-10-20(15)14-5-3-2-4-13(14)18-16/h2-5,8,10-12,21H,6-7,9H2,1H3/t11-,12-/m0/s1. The molecule has 1 aliphatic heterocycles. The number of hydrogen-bond donors (Lipinski definition) is 1. The Hall–Kier alpha value is -2.14. The summed E-state index contributed by atoms with van der Waals surface area (Å²) in [6.45, 7) is 2.82. The van der Waals surface area contributed by atoms with Gasteiger partial charge >= 0.3 is 0 Å². The lowest BCUT2D eigenvalue weighted by molar-refractivity contribution is 0.144. The van der Waals surface area contributed by atoms with Crippen LogP contribution in [0.1, 0.15) is 19.8 Å². The van der Waals surface area contributed by atoms with Crippen molar-refractivity contribution in [3.05, 3.63) is 36.8 Å². The van der Waals surface area contributed by atoms with Crippen LogP contribution in [0.15, 0.2) is 36.8 Å². The van der Waals surface area contributed by atoms with Gasteiger partial charge in [0.05, 0.1) is 29.7 Å². The lowest BCUT2D eigenvalue weighted by atomic mass is 10.0. The number of nitrogens with zero attached hydrogens (tertiary/aromatic N) is 4. The molecule has 5 nitrogen and oxygen atoms in total. The second-order valence-electron chi connectivity index (χ2n) is 5.81. The van der Waals surface area contributed by atoms with Gasteiger partial charge in [-0.25, -0.2) is 9.97 Å². The van der Waals surface area contributed by atoms with E-state index in [1.54, 1.807) is 0 Å². The van der Waals surface area contributed by atoms with Crippen LogP contribution >= 0.6 is 0 Å². The molecule has 0 spiro atoms. The highest BCUT2D eigenvalue weighted by Gasteiger charge is 2.27. The van der Waals surface area contributed by atoms with Crippen LogP contribution in [0.4, 0.5) is 5.82 Å². The minimum absolute atomic E-state index is 0.280. The molecule has 1 saturated heterocycles. The maximum Gasteiger partial charge on any atom is 0.155 e. The fraction of sp³-hybridized carbons (Fsp3) is 0.375. The van der Waals surface area contributed by atoms with Crippen molar-refractivity contribution >= 4 is 22.4 Å². The van der Waals surface area contributed by atoms with E-state index in [1.807, 2.05) is 30.7 Å². The molecule has 1 N–H and O–H groups in total. The van der Waals surface area contributed by atoms with Gasteiger partial charge in [-0.2, -0.15) is 0 Å². The summed E-state index contributed by atoms with van der Waals surface area (Å²) in [4.78, 5) is 11.3. The predicted octanol–water partition coefficient (Wildman–Crippen LogP) is 2.23. The molecule has 0 radical (unpaired) electrons. The molecule has 2 aromatic heterocycles. The molecule has 4 rings (SSSR count). The second kappa shape index (κ2) is 4.70. The average Bonchev–Trinajstić information content (AvgIpc) is 2.99. The van der Waals surface area contributed by atoms with Crippen molar-refractivity contribution in [1.29, 1.82) is 0 Å². The van der Waals surface area contributed by atoms with Crippen LogP contribution in [-0.4, -0.2) is 38.2 Å². The molecule has 1 aliphatic rings. The summed E-state index contributed by atoms with van der Waals surface area (Å²) in [5.41, 5.74) is 3.00. The number of β-amino-alcohol motifs (C(OH)–C–C–N with tert-alkyl or cyclic N) is 1. The van der Waals surface area contributed by atoms with Gasteiger partial charge in [0.25, 0.3) is 0 Å². The van der Waals surface area contributed by atoms with Crippen molar-refractivity contribution in [2.24, 2.45) is 0 Å². The number of hydrogen-bond acceptors (Lipinski definition) is 4. The Morgan fingerprint density at radius 3 is 2.95 bits per heavy atom. The summed E-state index contributed by atoms with van der Waals surface area (Å²) in [5, 5.41) is 10.0. The van der Waals surface area contributed by atoms with Crippen molar-refractivity contribution in [2.75, 3.05) is 11.4 Å². The number of anilines is 1.